The molecule has 3 rings (SSSR count). The summed E-state index contributed by atoms with van der Waals surface area (Å²) < 4.78 is 39.3. The summed E-state index contributed by atoms with van der Waals surface area (Å²) in [6.45, 7) is 1.02. The average Bonchev–Trinajstić information content (AvgIpc) is 2.71. The molecule has 29 heavy (non-hydrogen) atoms. The summed E-state index contributed by atoms with van der Waals surface area (Å²) in [5.41, 5.74) is 1.80. The van der Waals surface area contributed by atoms with Crippen LogP contribution in [0.15, 0.2) is 48.5 Å². The van der Waals surface area contributed by atoms with Gasteiger partial charge in [-0.2, -0.15) is 11.8 Å². The van der Waals surface area contributed by atoms with Gasteiger partial charge in [-0.1, -0.05) is 18.2 Å². The van der Waals surface area contributed by atoms with Crippen molar-refractivity contribution >= 4 is 33.4 Å². The van der Waals surface area contributed by atoms with Crippen LogP contribution in [0.1, 0.15) is 35.2 Å². The molecule has 1 N–H and O–H groups in total. The predicted octanol–water partition coefficient (Wildman–Crippen LogP) is 3.81. The topological polar surface area (TPSA) is 66.5 Å². The first kappa shape index (κ1) is 21.6. The van der Waals surface area contributed by atoms with Gasteiger partial charge in [0.25, 0.3) is 5.91 Å². The minimum absolute atomic E-state index is 0.171. The lowest BCUT2D eigenvalue weighted by atomic mass is 10.2. The van der Waals surface area contributed by atoms with Gasteiger partial charge in [-0.3, -0.25) is 9.10 Å². The number of nitrogens with one attached hydrogen (secondary N) is 1. The van der Waals surface area contributed by atoms with Crippen LogP contribution in [0.2, 0.25) is 0 Å². The molecule has 0 aliphatic carbocycles. The minimum Gasteiger partial charge on any atom is -0.352 e. The van der Waals surface area contributed by atoms with E-state index in [-0.39, 0.29) is 17.5 Å². The molecule has 0 atom stereocenters. The fourth-order valence-corrected chi connectivity index (χ4v) is 5.72. The number of hydrogen-bond donors (Lipinski definition) is 1. The molecule has 1 saturated heterocycles. The van der Waals surface area contributed by atoms with Gasteiger partial charge in [0.05, 0.1) is 11.4 Å². The maximum atomic E-state index is 13.5. The van der Waals surface area contributed by atoms with E-state index in [2.05, 4.69) is 5.32 Å². The first-order valence-corrected chi connectivity index (χ1v) is 12.4. The Hall–Kier alpha value is -2.06. The van der Waals surface area contributed by atoms with Crippen LogP contribution in [0.25, 0.3) is 0 Å². The van der Waals surface area contributed by atoms with Crippen molar-refractivity contribution in [2.24, 2.45) is 0 Å². The second-order valence-electron chi connectivity index (χ2n) is 6.90. The van der Waals surface area contributed by atoms with Crippen LogP contribution < -0.4 is 9.62 Å². The van der Waals surface area contributed by atoms with E-state index < -0.39 is 10.0 Å². The second kappa shape index (κ2) is 10.1. The summed E-state index contributed by atoms with van der Waals surface area (Å²) in [5, 5.41) is 2.87. The Labute approximate surface area is 175 Å². The van der Waals surface area contributed by atoms with Crippen LogP contribution in [-0.4, -0.2) is 38.9 Å². The molecule has 0 radical (unpaired) electrons. The van der Waals surface area contributed by atoms with E-state index in [0.717, 1.165) is 18.6 Å². The zero-order valence-electron chi connectivity index (χ0n) is 16.1. The smallest absolute Gasteiger partial charge is 0.251 e. The number of carbonyl (C=O) groups excluding carboxylic acids is 1. The van der Waals surface area contributed by atoms with Crippen molar-refractivity contribution < 1.29 is 17.6 Å². The fraction of sp³-hybridized carbons (Fsp3) is 0.381. The third-order valence-corrected chi connectivity index (χ3v) is 7.70. The Bertz CT molecular complexity index is 933. The zero-order chi connectivity index (χ0) is 20.7. The Kier molecular flexibility index (Phi) is 7.55. The quantitative estimate of drug-likeness (QED) is 0.639. The largest absolute Gasteiger partial charge is 0.352 e. The van der Waals surface area contributed by atoms with Gasteiger partial charge in [-0.15, -0.1) is 0 Å². The van der Waals surface area contributed by atoms with Crippen LogP contribution in [-0.2, 0) is 15.8 Å². The molecule has 0 unspecified atom stereocenters. The van der Waals surface area contributed by atoms with Gasteiger partial charge in [0.1, 0.15) is 5.82 Å². The van der Waals surface area contributed by atoms with Gasteiger partial charge in [0.2, 0.25) is 10.0 Å². The molecule has 0 aromatic heterocycles. The summed E-state index contributed by atoms with van der Waals surface area (Å²) >= 11 is 1.63. The number of sulfonamides is 1. The number of nitrogens with zero attached hydrogens (tertiary/aromatic N) is 1. The van der Waals surface area contributed by atoms with E-state index in [9.17, 15) is 17.6 Å². The van der Waals surface area contributed by atoms with Crippen molar-refractivity contribution in [3.8, 4) is 0 Å². The number of halogens is 1. The number of benzene rings is 2. The van der Waals surface area contributed by atoms with Gasteiger partial charge >= 0.3 is 0 Å². The van der Waals surface area contributed by atoms with Crippen molar-refractivity contribution in [3.63, 3.8) is 0 Å². The molecule has 2 aromatic carbocycles. The highest BCUT2D eigenvalue weighted by molar-refractivity contribution is 7.98. The lowest BCUT2D eigenvalue weighted by molar-refractivity contribution is 0.0954. The molecule has 0 saturated carbocycles. The van der Waals surface area contributed by atoms with Crippen molar-refractivity contribution in [1.82, 2.24) is 5.32 Å². The lowest BCUT2D eigenvalue weighted by Gasteiger charge is -2.28. The minimum atomic E-state index is -3.25. The highest BCUT2D eigenvalue weighted by atomic mass is 32.2. The standard InChI is InChI=1S/C21H25FN2O3S2/c22-20-7-2-1-6-18(20)16-28-14-5-12-23-21(25)17-8-10-19(11-9-17)24-13-3-4-15-29(24,26)27/h1-2,6-11H,3-5,12-16H2,(H,23,25). The van der Waals surface area contributed by atoms with Gasteiger partial charge < -0.3 is 5.32 Å². The van der Waals surface area contributed by atoms with Crippen molar-refractivity contribution in [2.75, 3.05) is 28.9 Å². The zero-order valence-corrected chi connectivity index (χ0v) is 17.8. The molecule has 2 aromatic rings. The molecule has 5 nitrogen and oxygen atoms in total. The molecule has 0 spiro atoms. The van der Waals surface area contributed by atoms with Crippen LogP contribution >= 0.6 is 11.8 Å². The van der Waals surface area contributed by atoms with Crippen molar-refractivity contribution in [2.45, 2.75) is 25.0 Å². The third-order valence-electron chi connectivity index (χ3n) is 4.73. The van der Waals surface area contributed by atoms with Crippen LogP contribution in [0.4, 0.5) is 10.1 Å². The first-order chi connectivity index (χ1) is 14.0. The highest BCUT2D eigenvalue weighted by Gasteiger charge is 2.25. The highest BCUT2D eigenvalue weighted by Crippen LogP contribution is 2.23. The van der Waals surface area contributed by atoms with Crippen LogP contribution in [0.5, 0.6) is 0 Å². The Balaban J connectivity index is 1.41. The Morgan fingerprint density at radius 2 is 1.86 bits per heavy atom. The normalized spacial score (nSPS) is 15.8. The number of hydrogen-bond acceptors (Lipinski definition) is 4. The number of anilines is 1. The number of amides is 1. The summed E-state index contributed by atoms with van der Waals surface area (Å²) in [4.78, 5) is 12.3. The number of rotatable bonds is 8. The maximum Gasteiger partial charge on any atom is 0.251 e. The monoisotopic (exact) mass is 436 g/mol. The second-order valence-corrected chi connectivity index (χ2v) is 10.0. The van der Waals surface area contributed by atoms with Gasteiger partial charge in [-0.05, 0) is 60.9 Å². The molecule has 8 heteroatoms. The van der Waals surface area contributed by atoms with E-state index in [0.29, 0.717) is 42.1 Å². The van der Waals surface area contributed by atoms with E-state index in [4.69, 9.17) is 0 Å². The third kappa shape index (κ3) is 5.96. The Morgan fingerprint density at radius 1 is 1.10 bits per heavy atom. The summed E-state index contributed by atoms with van der Waals surface area (Å²) in [6, 6.07) is 13.4. The molecular formula is C21H25FN2O3S2. The van der Waals surface area contributed by atoms with E-state index in [1.807, 2.05) is 6.07 Å². The molecule has 1 aliphatic rings. The van der Waals surface area contributed by atoms with E-state index in [1.165, 1.54) is 10.4 Å². The number of thioether (sulfide) groups is 1. The summed E-state index contributed by atoms with van der Waals surface area (Å²) in [7, 11) is -3.25. The van der Waals surface area contributed by atoms with E-state index >= 15 is 0 Å². The number of carbonyl (C=O) groups is 1. The molecule has 1 heterocycles. The molecule has 0 bridgehead atoms. The Morgan fingerprint density at radius 3 is 2.59 bits per heavy atom. The van der Waals surface area contributed by atoms with Gasteiger partial charge in [0.15, 0.2) is 0 Å². The van der Waals surface area contributed by atoms with Crippen molar-refractivity contribution in [3.05, 3.63) is 65.5 Å². The van der Waals surface area contributed by atoms with Crippen LogP contribution in [0, 0.1) is 5.82 Å². The molecule has 1 fully saturated rings. The molecule has 1 aliphatic heterocycles. The summed E-state index contributed by atoms with van der Waals surface area (Å²) in [5.74, 6) is 1.23. The first-order valence-electron chi connectivity index (χ1n) is 9.67. The molecular weight excluding hydrogens is 411 g/mol. The maximum absolute atomic E-state index is 13.5. The molecule has 1 amide bonds. The van der Waals surface area contributed by atoms with E-state index in [1.54, 1.807) is 48.2 Å². The lowest BCUT2D eigenvalue weighted by Crippen LogP contribution is -2.37. The average molecular weight is 437 g/mol. The fourth-order valence-electron chi connectivity index (χ4n) is 3.13. The predicted molar refractivity (Wildman–Crippen MR) is 116 cm³/mol. The molecule has 156 valence electrons. The van der Waals surface area contributed by atoms with Gasteiger partial charge in [0, 0.05) is 24.4 Å². The van der Waals surface area contributed by atoms with Crippen molar-refractivity contribution in [1.29, 1.82) is 0 Å². The van der Waals surface area contributed by atoms with Crippen LogP contribution in [0.3, 0.4) is 0 Å². The SMILES string of the molecule is O=C(NCCCSCc1ccccc1F)c1ccc(N2CCCCS2(=O)=O)cc1. The summed E-state index contributed by atoms with van der Waals surface area (Å²) in [6.07, 6.45) is 2.32. The van der Waals surface area contributed by atoms with Gasteiger partial charge in [-0.25, -0.2) is 12.8 Å².